The zero-order valence-corrected chi connectivity index (χ0v) is 17.3. The van der Waals surface area contributed by atoms with Crippen molar-refractivity contribution in [3.8, 4) is 11.1 Å². The van der Waals surface area contributed by atoms with Crippen molar-refractivity contribution in [3.63, 3.8) is 0 Å². The fourth-order valence-corrected chi connectivity index (χ4v) is 4.27. The molecule has 0 spiro atoms. The van der Waals surface area contributed by atoms with Crippen molar-refractivity contribution >= 4 is 33.1 Å². The van der Waals surface area contributed by atoms with E-state index in [0.717, 1.165) is 27.3 Å². The molecule has 4 nitrogen and oxygen atoms in total. The summed E-state index contributed by atoms with van der Waals surface area (Å²) in [6.07, 6.45) is 0. The first-order valence-electron chi connectivity index (χ1n) is 9.62. The van der Waals surface area contributed by atoms with Crippen LogP contribution in [0.5, 0.6) is 0 Å². The number of nitrogens with zero attached hydrogens (tertiary/aromatic N) is 2. The zero-order valence-electron chi connectivity index (χ0n) is 16.5. The number of rotatable bonds is 6. The molecule has 1 atom stereocenters. The molecule has 0 saturated heterocycles. The molecule has 0 aliphatic carbocycles. The lowest BCUT2D eigenvalue weighted by Crippen LogP contribution is -2.39. The van der Waals surface area contributed by atoms with Gasteiger partial charge < -0.3 is 5.32 Å². The molecule has 146 valence electrons. The van der Waals surface area contributed by atoms with E-state index >= 15 is 0 Å². The van der Waals surface area contributed by atoms with Gasteiger partial charge in [0.25, 0.3) is 0 Å². The normalized spacial score (nSPS) is 12.2. The highest BCUT2D eigenvalue weighted by atomic mass is 32.1. The number of aromatic nitrogens is 1. The molecule has 0 aliphatic heterocycles. The summed E-state index contributed by atoms with van der Waals surface area (Å²) in [5.41, 5.74) is 3.93. The highest BCUT2D eigenvalue weighted by Gasteiger charge is 2.20. The number of nitrogens with one attached hydrogen (secondary N) is 1. The highest BCUT2D eigenvalue weighted by molar-refractivity contribution is 7.18. The lowest BCUT2D eigenvalue weighted by atomic mass is 10.0. The molecule has 1 N–H and O–H groups in total. The number of fused-ring (bicyclic) bond motifs is 1. The second kappa shape index (κ2) is 8.55. The van der Waals surface area contributed by atoms with Crippen LogP contribution in [-0.4, -0.2) is 28.9 Å². The third kappa shape index (κ3) is 4.36. The van der Waals surface area contributed by atoms with Crippen LogP contribution >= 0.6 is 11.3 Å². The minimum absolute atomic E-state index is 0.0306. The van der Waals surface area contributed by atoms with Crippen LogP contribution in [-0.2, 0) is 11.3 Å². The molecule has 1 aromatic heterocycles. The number of benzene rings is 3. The Morgan fingerprint density at radius 3 is 2.48 bits per heavy atom. The van der Waals surface area contributed by atoms with E-state index in [1.54, 1.807) is 11.3 Å². The van der Waals surface area contributed by atoms with Crippen molar-refractivity contribution < 1.29 is 4.79 Å². The van der Waals surface area contributed by atoms with Crippen LogP contribution in [0.4, 0.5) is 5.69 Å². The van der Waals surface area contributed by atoms with Crippen molar-refractivity contribution in [1.29, 1.82) is 0 Å². The molecule has 0 fully saturated rings. The molecule has 4 aromatic rings. The van der Waals surface area contributed by atoms with E-state index in [9.17, 15) is 4.79 Å². The standard InChI is InChI=1S/C24H23N3OS/c1-17(27(2)16-23-25-21-14-8-9-15-22(21)29-23)24(28)26-20-13-7-6-12-19(20)18-10-4-3-5-11-18/h3-15,17H,16H2,1-2H3,(H,26,28). The van der Waals surface area contributed by atoms with Gasteiger partial charge >= 0.3 is 0 Å². The lowest BCUT2D eigenvalue weighted by Gasteiger charge is -2.23. The minimum atomic E-state index is -0.286. The second-order valence-electron chi connectivity index (χ2n) is 7.07. The molecule has 1 unspecified atom stereocenters. The number of thiazole rings is 1. The largest absolute Gasteiger partial charge is 0.324 e. The molecular weight excluding hydrogens is 378 g/mol. The van der Waals surface area contributed by atoms with Crippen LogP contribution in [0.2, 0.25) is 0 Å². The number of anilines is 1. The predicted molar refractivity (Wildman–Crippen MR) is 121 cm³/mol. The van der Waals surface area contributed by atoms with Gasteiger partial charge in [0.15, 0.2) is 0 Å². The van der Waals surface area contributed by atoms with E-state index in [0.29, 0.717) is 6.54 Å². The number of likely N-dealkylation sites (N-methyl/N-ethyl adjacent to an activating group) is 1. The maximum atomic E-state index is 12.9. The van der Waals surface area contributed by atoms with Crippen molar-refractivity contribution in [1.82, 2.24) is 9.88 Å². The Labute approximate surface area is 174 Å². The van der Waals surface area contributed by atoms with E-state index in [-0.39, 0.29) is 11.9 Å². The quantitative estimate of drug-likeness (QED) is 0.469. The summed E-state index contributed by atoms with van der Waals surface area (Å²) < 4.78 is 1.17. The van der Waals surface area contributed by atoms with E-state index in [1.807, 2.05) is 91.7 Å². The number of hydrogen-bond acceptors (Lipinski definition) is 4. The van der Waals surface area contributed by atoms with Crippen LogP contribution < -0.4 is 5.32 Å². The molecule has 4 rings (SSSR count). The minimum Gasteiger partial charge on any atom is -0.324 e. The van der Waals surface area contributed by atoms with E-state index in [4.69, 9.17) is 0 Å². The van der Waals surface area contributed by atoms with Crippen LogP contribution in [0.25, 0.3) is 21.3 Å². The van der Waals surface area contributed by atoms with Gasteiger partial charge in [0.2, 0.25) is 5.91 Å². The maximum absolute atomic E-state index is 12.9. The summed E-state index contributed by atoms with van der Waals surface area (Å²) in [6.45, 7) is 2.56. The third-order valence-electron chi connectivity index (χ3n) is 5.03. The smallest absolute Gasteiger partial charge is 0.241 e. The van der Waals surface area contributed by atoms with Gasteiger partial charge in [-0.2, -0.15) is 0 Å². The monoisotopic (exact) mass is 401 g/mol. The van der Waals surface area contributed by atoms with Gasteiger partial charge in [0, 0.05) is 11.3 Å². The van der Waals surface area contributed by atoms with Gasteiger partial charge in [-0.3, -0.25) is 9.69 Å². The third-order valence-corrected chi connectivity index (χ3v) is 6.05. The van der Waals surface area contributed by atoms with Crippen molar-refractivity contribution in [2.75, 3.05) is 12.4 Å². The first-order valence-corrected chi connectivity index (χ1v) is 10.4. The number of carbonyl (C=O) groups excluding carboxylic acids is 1. The summed E-state index contributed by atoms with van der Waals surface area (Å²) in [4.78, 5) is 19.6. The van der Waals surface area contributed by atoms with Gasteiger partial charge in [-0.05, 0) is 37.7 Å². The number of amides is 1. The summed E-state index contributed by atoms with van der Waals surface area (Å²) >= 11 is 1.67. The van der Waals surface area contributed by atoms with Crippen molar-refractivity contribution in [2.45, 2.75) is 19.5 Å². The second-order valence-corrected chi connectivity index (χ2v) is 8.18. The summed E-state index contributed by atoms with van der Waals surface area (Å²) in [6, 6.07) is 25.8. The van der Waals surface area contributed by atoms with Gasteiger partial charge in [-0.15, -0.1) is 11.3 Å². The Kier molecular flexibility index (Phi) is 5.69. The molecule has 0 saturated carbocycles. The van der Waals surface area contributed by atoms with Crippen LogP contribution in [0.15, 0.2) is 78.9 Å². The Morgan fingerprint density at radius 2 is 1.69 bits per heavy atom. The van der Waals surface area contributed by atoms with Crippen LogP contribution in [0, 0.1) is 0 Å². The Hall–Kier alpha value is -3.02. The maximum Gasteiger partial charge on any atom is 0.241 e. The molecule has 0 radical (unpaired) electrons. The average Bonchev–Trinajstić information content (AvgIpc) is 3.16. The molecule has 1 heterocycles. The van der Waals surface area contributed by atoms with Gasteiger partial charge in [0.05, 0.1) is 22.8 Å². The zero-order chi connectivity index (χ0) is 20.2. The number of carbonyl (C=O) groups is 1. The molecule has 0 aliphatic rings. The summed E-state index contributed by atoms with van der Waals surface area (Å²) in [5.74, 6) is -0.0306. The summed E-state index contributed by atoms with van der Waals surface area (Å²) in [7, 11) is 1.96. The van der Waals surface area contributed by atoms with Crippen molar-refractivity contribution in [3.05, 3.63) is 83.9 Å². The Morgan fingerprint density at radius 1 is 1.00 bits per heavy atom. The molecule has 1 amide bonds. The Balaban J connectivity index is 1.47. The van der Waals surface area contributed by atoms with Gasteiger partial charge in [-0.25, -0.2) is 4.98 Å². The lowest BCUT2D eigenvalue weighted by molar-refractivity contribution is -0.120. The first kappa shape index (κ1) is 19.3. The fourth-order valence-electron chi connectivity index (χ4n) is 3.24. The predicted octanol–water partition coefficient (Wildman–Crippen LogP) is 5.42. The van der Waals surface area contributed by atoms with E-state index in [1.165, 1.54) is 4.70 Å². The SMILES string of the molecule is CC(C(=O)Nc1ccccc1-c1ccccc1)N(C)Cc1nc2ccccc2s1. The highest BCUT2D eigenvalue weighted by Crippen LogP contribution is 2.28. The Bertz CT molecular complexity index is 1090. The van der Waals surface area contributed by atoms with Crippen molar-refractivity contribution in [2.24, 2.45) is 0 Å². The number of para-hydroxylation sites is 2. The summed E-state index contributed by atoms with van der Waals surface area (Å²) in [5, 5.41) is 4.12. The average molecular weight is 402 g/mol. The molecule has 3 aromatic carbocycles. The fraction of sp³-hybridized carbons (Fsp3) is 0.167. The first-order chi connectivity index (χ1) is 14.1. The molecular formula is C24H23N3OS. The van der Waals surface area contributed by atoms with Gasteiger partial charge in [0.1, 0.15) is 5.01 Å². The number of hydrogen-bond donors (Lipinski definition) is 1. The van der Waals surface area contributed by atoms with Crippen LogP contribution in [0.1, 0.15) is 11.9 Å². The molecule has 0 bridgehead atoms. The van der Waals surface area contributed by atoms with Crippen LogP contribution in [0.3, 0.4) is 0 Å². The molecule has 29 heavy (non-hydrogen) atoms. The van der Waals surface area contributed by atoms with Gasteiger partial charge in [-0.1, -0.05) is 60.7 Å². The molecule has 5 heteroatoms. The topological polar surface area (TPSA) is 45.2 Å². The van der Waals surface area contributed by atoms with E-state index < -0.39 is 0 Å². The van der Waals surface area contributed by atoms with E-state index in [2.05, 4.69) is 16.4 Å².